The smallest absolute Gasteiger partial charge is 0.325 e. The monoisotopic (exact) mass is 527 g/mol. The van der Waals surface area contributed by atoms with Gasteiger partial charge in [0.1, 0.15) is 29.7 Å². The number of hydrogen-bond donors (Lipinski definition) is 2. The normalized spacial score (nSPS) is 15.7. The van der Waals surface area contributed by atoms with Crippen molar-refractivity contribution in [1.82, 2.24) is 15.1 Å². The van der Waals surface area contributed by atoms with Crippen molar-refractivity contribution < 1.29 is 27.4 Å². The molecule has 1 aromatic heterocycles. The number of hydrogen-bond acceptors (Lipinski definition) is 6. The molecule has 12 heteroatoms. The number of aliphatic carboxylic acids is 1. The molecule has 1 aliphatic rings. The van der Waals surface area contributed by atoms with Crippen LogP contribution in [0.1, 0.15) is 30.1 Å². The Labute approximate surface area is 205 Å². The first kappa shape index (κ1) is 24.5. The van der Waals surface area contributed by atoms with Crippen molar-refractivity contribution in [2.45, 2.75) is 36.7 Å². The first-order valence-corrected chi connectivity index (χ1v) is 12.7. The maximum atomic E-state index is 13.2. The van der Waals surface area contributed by atoms with Crippen LogP contribution in [0.2, 0.25) is 10.0 Å². The quantitative estimate of drug-likeness (QED) is 0.440. The van der Waals surface area contributed by atoms with Crippen LogP contribution in [0.3, 0.4) is 0 Å². The Bertz CT molecular complexity index is 1350. The number of benzene rings is 2. The zero-order chi connectivity index (χ0) is 24.5. The fourth-order valence-corrected chi connectivity index (χ4v) is 5.80. The molecule has 1 atom stereocenters. The van der Waals surface area contributed by atoms with E-state index in [1.54, 1.807) is 6.20 Å². The first-order chi connectivity index (χ1) is 16.1. The van der Waals surface area contributed by atoms with Gasteiger partial charge in [-0.25, -0.2) is 12.8 Å². The summed E-state index contributed by atoms with van der Waals surface area (Å²) in [4.78, 5) is 11.0. The third-order valence-corrected chi connectivity index (χ3v) is 7.72. The van der Waals surface area contributed by atoms with Gasteiger partial charge in [-0.05, 0) is 49.6 Å². The molecule has 0 saturated carbocycles. The van der Waals surface area contributed by atoms with E-state index in [2.05, 4.69) is 10.4 Å². The molecule has 8 nitrogen and oxygen atoms in total. The largest absolute Gasteiger partial charge is 0.480 e. The van der Waals surface area contributed by atoms with Crippen LogP contribution < -0.4 is 10.1 Å². The lowest BCUT2D eigenvalue weighted by Gasteiger charge is -2.24. The van der Waals surface area contributed by atoms with E-state index in [-0.39, 0.29) is 44.9 Å². The molecule has 0 aliphatic heterocycles. The SMILES string of the molecule is O=C(O)Cn1ncc2c1CCC[C@H]2NCS(=O)(=O)c1ccc(Oc2ccc(F)cc2Cl)cc1Cl. The number of nitrogens with one attached hydrogen (secondary N) is 1. The third-order valence-electron chi connectivity index (χ3n) is 5.43. The Morgan fingerprint density at radius 1 is 1.24 bits per heavy atom. The molecule has 3 aromatic rings. The van der Waals surface area contributed by atoms with Gasteiger partial charge in [0.2, 0.25) is 0 Å². The van der Waals surface area contributed by atoms with Crippen molar-refractivity contribution in [2.24, 2.45) is 0 Å². The van der Waals surface area contributed by atoms with Gasteiger partial charge in [-0.15, -0.1) is 0 Å². The van der Waals surface area contributed by atoms with Crippen LogP contribution in [0.25, 0.3) is 0 Å². The summed E-state index contributed by atoms with van der Waals surface area (Å²) in [6.45, 7) is -0.243. The summed E-state index contributed by atoms with van der Waals surface area (Å²) in [6.07, 6.45) is 3.73. The summed E-state index contributed by atoms with van der Waals surface area (Å²) in [5.74, 6) is -1.43. The van der Waals surface area contributed by atoms with E-state index in [4.69, 9.17) is 33.0 Å². The lowest BCUT2D eigenvalue weighted by atomic mass is 9.93. The van der Waals surface area contributed by atoms with Gasteiger partial charge in [-0.1, -0.05) is 23.2 Å². The van der Waals surface area contributed by atoms with E-state index in [0.717, 1.165) is 23.7 Å². The second-order valence-electron chi connectivity index (χ2n) is 7.78. The number of carboxylic acids is 1. The van der Waals surface area contributed by atoms with Crippen LogP contribution in [0.15, 0.2) is 47.5 Å². The standard InChI is InChI=1S/C22H20Cl2FN3O5S/c23-16-8-13(25)4-6-20(16)33-14-5-7-21(17(24)9-14)34(31,32)12-26-18-2-1-3-19-15(18)10-27-28(19)11-22(29)30/h4-10,18,26H,1-3,11-12H2,(H,29,30)/t18-/m1/s1. The van der Waals surface area contributed by atoms with Gasteiger partial charge >= 0.3 is 5.97 Å². The molecule has 0 saturated heterocycles. The fraction of sp³-hybridized carbons (Fsp3) is 0.273. The minimum absolute atomic E-state index is 0.0313. The lowest BCUT2D eigenvalue weighted by molar-refractivity contribution is -0.137. The van der Waals surface area contributed by atoms with Gasteiger partial charge in [0.15, 0.2) is 9.84 Å². The molecule has 0 unspecified atom stereocenters. The molecular weight excluding hydrogens is 508 g/mol. The van der Waals surface area contributed by atoms with Gasteiger partial charge in [0.25, 0.3) is 0 Å². The Morgan fingerprint density at radius 2 is 2.03 bits per heavy atom. The molecule has 4 rings (SSSR count). The Hall–Kier alpha value is -2.66. The van der Waals surface area contributed by atoms with Gasteiger partial charge in [0, 0.05) is 23.4 Å². The molecule has 1 aliphatic carbocycles. The number of rotatable bonds is 8. The van der Waals surface area contributed by atoms with E-state index in [1.807, 2.05) is 0 Å². The van der Waals surface area contributed by atoms with E-state index >= 15 is 0 Å². The van der Waals surface area contributed by atoms with Crippen molar-refractivity contribution in [3.63, 3.8) is 0 Å². The van der Waals surface area contributed by atoms with E-state index in [9.17, 15) is 17.6 Å². The van der Waals surface area contributed by atoms with Crippen LogP contribution in [0.5, 0.6) is 11.5 Å². The number of carboxylic acid groups (broad SMARTS) is 1. The molecular formula is C22H20Cl2FN3O5S. The number of aromatic nitrogens is 2. The highest BCUT2D eigenvalue weighted by atomic mass is 35.5. The van der Waals surface area contributed by atoms with Crippen LogP contribution >= 0.6 is 23.2 Å². The van der Waals surface area contributed by atoms with Crippen molar-refractivity contribution in [3.05, 3.63) is 69.7 Å². The minimum atomic E-state index is -3.80. The Balaban J connectivity index is 1.47. The second kappa shape index (κ2) is 9.91. The summed E-state index contributed by atoms with van der Waals surface area (Å²) in [6, 6.07) is 7.50. The molecule has 0 fully saturated rings. The Morgan fingerprint density at radius 3 is 2.74 bits per heavy atom. The van der Waals surface area contributed by atoms with Crippen LogP contribution in [-0.4, -0.2) is 35.2 Å². The zero-order valence-corrected chi connectivity index (χ0v) is 20.0. The summed E-state index contributed by atoms with van der Waals surface area (Å²) >= 11 is 12.2. The maximum absolute atomic E-state index is 13.2. The lowest BCUT2D eigenvalue weighted by Crippen LogP contribution is -2.30. The second-order valence-corrected chi connectivity index (χ2v) is 10.5. The third kappa shape index (κ3) is 5.35. The number of sulfone groups is 1. The van der Waals surface area contributed by atoms with Crippen molar-refractivity contribution in [2.75, 3.05) is 5.88 Å². The molecule has 0 spiro atoms. The molecule has 2 N–H and O–H groups in total. The van der Waals surface area contributed by atoms with Gasteiger partial charge in [-0.2, -0.15) is 5.10 Å². The van der Waals surface area contributed by atoms with Gasteiger partial charge in [0.05, 0.1) is 21.1 Å². The van der Waals surface area contributed by atoms with Crippen molar-refractivity contribution in [3.8, 4) is 11.5 Å². The van der Waals surface area contributed by atoms with Crippen LogP contribution in [-0.2, 0) is 27.6 Å². The zero-order valence-electron chi connectivity index (χ0n) is 17.7. The highest BCUT2D eigenvalue weighted by Gasteiger charge is 2.27. The minimum Gasteiger partial charge on any atom is -0.480 e. The predicted molar refractivity (Wildman–Crippen MR) is 124 cm³/mol. The van der Waals surface area contributed by atoms with Crippen molar-refractivity contribution in [1.29, 1.82) is 0 Å². The summed E-state index contributed by atoms with van der Waals surface area (Å²) in [7, 11) is -3.80. The summed E-state index contributed by atoms with van der Waals surface area (Å²) in [5.41, 5.74) is 1.59. The van der Waals surface area contributed by atoms with Crippen LogP contribution in [0, 0.1) is 5.82 Å². The topological polar surface area (TPSA) is 111 Å². The molecule has 34 heavy (non-hydrogen) atoms. The number of halogens is 3. The summed E-state index contributed by atoms with van der Waals surface area (Å²) < 4.78 is 46.2. The average Bonchev–Trinajstić information content (AvgIpc) is 3.17. The Kier molecular flexibility index (Phi) is 7.13. The van der Waals surface area contributed by atoms with E-state index in [1.165, 1.54) is 35.0 Å². The summed E-state index contributed by atoms with van der Waals surface area (Å²) in [5, 5.41) is 16.3. The number of fused-ring (bicyclic) bond motifs is 1. The predicted octanol–water partition coefficient (Wildman–Crippen LogP) is 4.60. The maximum Gasteiger partial charge on any atom is 0.325 e. The number of nitrogens with zero attached hydrogens (tertiary/aromatic N) is 2. The van der Waals surface area contributed by atoms with Gasteiger partial charge < -0.3 is 9.84 Å². The highest BCUT2D eigenvalue weighted by Crippen LogP contribution is 2.34. The molecule has 0 radical (unpaired) electrons. The first-order valence-electron chi connectivity index (χ1n) is 10.3. The highest BCUT2D eigenvalue weighted by molar-refractivity contribution is 7.91. The average molecular weight is 528 g/mol. The number of carbonyl (C=O) groups is 1. The van der Waals surface area contributed by atoms with Crippen molar-refractivity contribution >= 4 is 39.0 Å². The molecule has 0 amide bonds. The molecule has 1 heterocycles. The molecule has 0 bridgehead atoms. The molecule has 180 valence electrons. The van der Waals surface area contributed by atoms with E-state index < -0.39 is 21.6 Å². The fourth-order valence-electron chi connectivity index (χ4n) is 3.87. The van der Waals surface area contributed by atoms with Crippen LogP contribution in [0.4, 0.5) is 4.39 Å². The molecule has 2 aromatic carbocycles. The van der Waals surface area contributed by atoms with Gasteiger partial charge in [-0.3, -0.25) is 14.8 Å². The van der Waals surface area contributed by atoms with E-state index in [0.29, 0.717) is 12.8 Å². The number of ether oxygens (including phenoxy) is 1.